The maximum atomic E-state index is 9.18. The predicted octanol–water partition coefficient (Wildman–Crippen LogP) is 0.0901. The van der Waals surface area contributed by atoms with Crippen LogP contribution < -0.4 is 10.2 Å². The summed E-state index contributed by atoms with van der Waals surface area (Å²) in [6, 6.07) is 5.32. The van der Waals surface area contributed by atoms with E-state index in [9.17, 15) is 10.0 Å². The summed E-state index contributed by atoms with van der Waals surface area (Å²) in [4.78, 5) is 0. The van der Waals surface area contributed by atoms with Crippen molar-refractivity contribution in [1.82, 2.24) is 0 Å². The van der Waals surface area contributed by atoms with Crippen molar-refractivity contribution < 1.29 is 19.5 Å². The summed E-state index contributed by atoms with van der Waals surface area (Å²) in [5, 5.41) is 18.4. The van der Waals surface area contributed by atoms with Crippen LogP contribution >= 0.6 is 0 Å². The average molecular weight is 224 g/mol. The number of aryl methyl sites for hydroxylation is 1. The predicted molar refractivity (Wildman–Crippen MR) is 63.0 cm³/mol. The number of methoxy groups -OCH3 is 1. The van der Waals surface area contributed by atoms with Crippen LogP contribution in [0.2, 0.25) is 0 Å². The van der Waals surface area contributed by atoms with E-state index in [1.165, 1.54) is 0 Å². The van der Waals surface area contributed by atoms with Gasteiger partial charge in [0.05, 0.1) is 6.61 Å². The van der Waals surface area contributed by atoms with Crippen molar-refractivity contribution in [3.63, 3.8) is 0 Å². The van der Waals surface area contributed by atoms with E-state index >= 15 is 0 Å². The zero-order chi connectivity index (χ0) is 12.0. The molecule has 0 unspecified atom stereocenters. The molecule has 0 saturated carbocycles. The highest BCUT2D eigenvalue weighted by Gasteiger charge is 2.17. The topological polar surface area (TPSA) is 58.9 Å². The van der Waals surface area contributed by atoms with Crippen LogP contribution in [0.15, 0.2) is 18.2 Å². The van der Waals surface area contributed by atoms with E-state index in [2.05, 4.69) is 0 Å². The summed E-state index contributed by atoms with van der Waals surface area (Å²) in [5.74, 6) is 0.511. The summed E-state index contributed by atoms with van der Waals surface area (Å²) in [6.45, 7) is 3.01. The summed E-state index contributed by atoms with van der Waals surface area (Å²) in [6.07, 6.45) is 0.769. The third-order valence-electron chi connectivity index (χ3n) is 2.19. The second-order valence-corrected chi connectivity index (χ2v) is 3.61. The van der Waals surface area contributed by atoms with Gasteiger partial charge < -0.3 is 19.5 Å². The van der Waals surface area contributed by atoms with Gasteiger partial charge in [0.2, 0.25) is 0 Å². The van der Waals surface area contributed by atoms with Gasteiger partial charge in [-0.15, -0.1) is 0 Å². The van der Waals surface area contributed by atoms with E-state index in [1.54, 1.807) is 19.2 Å². The highest BCUT2D eigenvalue weighted by Crippen LogP contribution is 2.10. The van der Waals surface area contributed by atoms with Gasteiger partial charge in [0.1, 0.15) is 5.75 Å². The van der Waals surface area contributed by atoms with Crippen LogP contribution in [-0.4, -0.2) is 37.5 Å². The monoisotopic (exact) mass is 224 g/mol. The van der Waals surface area contributed by atoms with Gasteiger partial charge in [-0.3, -0.25) is 0 Å². The summed E-state index contributed by atoms with van der Waals surface area (Å²) in [7, 11) is 0.131. The van der Waals surface area contributed by atoms with Crippen molar-refractivity contribution in [2.45, 2.75) is 13.3 Å². The molecule has 0 heterocycles. The molecule has 0 spiro atoms. The van der Waals surface area contributed by atoms with Gasteiger partial charge in [-0.2, -0.15) is 0 Å². The lowest BCUT2D eigenvalue weighted by Gasteiger charge is -2.11. The quantitative estimate of drug-likeness (QED) is 0.531. The second-order valence-electron chi connectivity index (χ2n) is 3.61. The molecule has 0 aliphatic heterocycles. The van der Waals surface area contributed by atoms with Crippen LogP contribution in [0.5, 0.6) is 5.75 Å². The highest BCUT2D eigenvalue weighted by molar-refractivity contribution is 6.59. The molecule has 0 aliphatic rings. The van der Waals surface area contributed by atoms with Crippen LogP contribution in [0.4, 0.5) is 0 Å². The van der Waals surface area contributed by atoms with Gasteiger partial charge in [0, 0.05) is 25.6 Å². The molecule has 16 heavy (non-hydrogen) atoms. The van der Waals surface area contributed by atoms with Crippen LogP contribution in [-0.2, 0) is 4.74 Å². The average Bonchev–Trinajstić information content (AvgIpc) is 2.26. The molecule has 5 heteroatoms. The molecule has 0 bridgehead atoms. The second kappa shape index (κ2) is 6.53. The lowest BCUT2D eigenvalue weighted by Crippen LogP contribution is -2.31. The van der Waals surface area contributed by atoms with Crippen molar-refractivity contribution >= 4 is 12.6 Å². The number of rotatable bonds is 6. The minimum absolute atomic E-state index is 0.400. The molecule has 1 rings (SSSR count). The first-order valence-corrected chi connectivity index (χ1v) is 5.23. The fourth-order valence-corrected chi connectivity index (χ4v) is 1.39. The maximum Gasteiger partial charge on any atom is 0.492 e. The van der Waals surface area contributed by atoms with Crippen molar-refractivity contribution in [3.05, 3.63) is 23.8 Å². The maximum absolute atomic E-state index is 9.18. The number of benzene rings is 1. The highest BCUT2D eigenvalue weighted by atomic mass is 16.5. The van der Waals surface area contributed by atoms with Crippen molar-refractivity contribution in [2.24, 2.45) is 0 Å². The fourth-order valence-electron chi connectivity index (χ4n) is 1.39. The Morgan fingerprint density at radius 1 is 1.25 bits per heavy atom. The molecule has 1 aromatic rings. The molecule has 0 fully saturated rings. The van der Waals surface area contributed by atoms with Crippen LogP contribution in [0.1, 0.15) is 12.0 Å². The molecule has 0 aromatic heterocycles. The Bertz CT molecular complexity index is 328. The largest absolute Gasteiger partial charge is 0.494 e. The van der Waals surface area contributed by atoms with Crippen molar-refractivity contribution in [2.75, 3.05) is 20.3 Å². The molecular formula is C11H17BO4. The Morgan fingerprint density at radius 2 is 2.00 bits per heavy atom. The van der Waals surface area contributed by atoms with E-state index in [0.29, 0.717) is 24.4 Å². The summed E-state index contributed by atoms with van der Waals surface area (Å²) in [5.41, 5.74) is 1.37. The van der Waals surface area contributed by atoms with Crippen molar-refractivity contribution in [3.8, 4) is 5.75 Å². The first kappa shape index (κ1) is 13.0. The lowest BCUT2D eigenvalue weighted by atomic mass is 9.79. The molecule has 0 saturated heterocycles. The third-order valence-corrected chi connectivity index (χ3v) is 2.19. The number of hydrogen-bond donors (Lipinski definition) is 2. The molecule has 0 aliphatic carbocycles. The first-order valence-electron chi connectivity index (χ1n) is 5.23. The van der Waals surface area contributed by atoms with Gasteiger partial charge in [-0.1, -0.05) is 17.7 Å². The lowest BCUT2D eigenvalue weighted by molar-refractivity contribution is 0.172. The van der Waals surface area contributed by atoms with E-state index in [4.69, 9.17) is 9.47 Å². The molecule has 4 nitrogen and oxygen atoms in total. The van der Waals surface area contributed by atoms with Gasteiger partial charge in [-0.05, 0) is 13.0 Å². The Labute approximate surface area is 96.0 Å². The van der Waals surface area contributed by atoms with Gasteiger partial charge in [0.15, 0.2) is 0 Å². The molecule has 1 aromatic carbocycles. The molecule has 88 valence electrons. The minimum Gasteiger partial charge on any atom is -0.494 e. The minimum atomic E-state index is -1.50. The van der Waals surface area contributed by atoms with Gasteiger partial charge in [-0.25, -0.2) is 0 Å². The van der Waals surface area contributed by atoms with Gasteiger partial charge in [0.25, 0.3) is 0 Å². The Hall–Kier alpha value is -1.04. The van der Waals surface area contributed by atoms with Gasteiger partial charge >= 0.3 is 7.12 Å². The van der Waals surface area contributed by atoms with Crippen molar-refractivity contribution in [1.29, 1.82) is 0 Å². The Balaban J connectivity index is 2.64. The van der Waals surface area contributed by atoms with E-state index in [0.717, 1.165) is 12.0 Å². The van der Waals surface area contributed by atoms with Crippen LogP contribution in [0.3, 0.4) is 0 Å². The molecule has 0 amide bonds. The van der Waals surface area contributed by atoms with E-state index in [1.807, 2.05) is 13.0 Å². The normalized spacial score (nSPS) is 10.2. The van der Waals surface area contributed by atoms with Crippen LogP contribution in [0.25, 0.3) is 0 Å². The molecule has 0 radical (unpaired) electrons. The molecule has 0 atom stereocenters. The van der Waals surface area contributed by atoms with E-state index in [-0.39, 0.29) is 0 Å². The molecular weight excluding hydrogens is 207 g/mol. The number of hydrogen-bond acceptors (Lipinski definition) is 4. The van der Waals surface area contributed by atoms with Crippen LogP contribution in [0, 0.1) is 6.92 Å². The zero-order valence-corrected chi connectivity index (χ0v) is 9.64. The number of ether oxygens (including phenoxy) is 2. The summed E-state index contributed by atoms with van der Waals surface area (Å²) >= 11 is 0. The smallest absolute Gasteiger partial charge is 0.492 e. The Kier molecular flexibility index (Phi) is 5.32. The third kappa shape index (κ3) is 3.85. The summed E-state index contributed by atoms with van der Waals surface area (Å²) < 4.78 is 10.4. The standard InChI is InChI=1S/C11H17BO4/c1-9-4-5-11(10(8-9)12(13)14)16-7-3-6-15-2/h4-5,8,13-14H,3,6-7H2,1-2H3. The molecule has 2 N–H and O–H groups in total. The zero-order valence-electron chi connectivity index (χ0n) is 9.64. The first-order chi connectivity index (χ1) is 7.65. The Morgan fingerprint density at radius 3 is 2.62 bits per heavy atom. The fraction of sp³-hybridized carbons (Fsp3) is 0.455. The SMILES string of the molecule is COCCCOc1ccc(C)cc1B(O)O. The van der Waals surface area contributed by atoms with E-state index < -0.39 is 7.12 Å².